The van der Waals surface area contributed by atoms with Crippen LogP contribution in [-0.4, -0.2) is 47.9 Å². The molecule has 2 aliphatic rings. The predicted molar refractivity (Wildman–Crippen MR) is 93.4 cm³/mol. The summed E-state index contributed by atoms with van der Waals surface area (Å²) in [6.07, 6.45) is 6.45. The van der Waals surface area contributed by atoms with Crippen LogP contribution >= 0.6 is 11.5 Å². The Morgan fingerprint density at radius 1 is 1.22 bits per heavy atom. The first-order valence-corrected chi connectivity index (χ1v) is 9.62. The highest BCUT2D eigenvalue weighted by molar-refractivity contribution is 7.09. The quantitative estimate of drug-likeness (QED) is 0.841. The van der Waals surface area contributed by atoms with Crippen LogP contribution in [0.2, 0.25) is 0 Å². The van der Waals surface area contributed by atoms with Crippen LogP contribution in [0.5, 0.6) is 0 Å². The number of nitrogens with zero attached hydrogens (tertiary/aromatic N) is 3. The van der Waals surface area contributed by atoms with Crippen molar-refractivity contribution in [2.45, 2.75) is 70.5 Å². The van der Waals surface area contributed by atoms with Crippen LogP contribution in [0.1, 0.15) is 58.7 Å². The minimum Gasteiger partial charge on any atom is -0.376 e. The van der Waals surface area contributed by atoms with Crippen LogP contribution in [0.25, 0.3) is 0 Å². The van der Waals surface area contributed by atoms with E-state index in [-0.39, 0.29) is 5.41 Å². The van der Waals surface area contributed by atoms with E-state index in [4.69, 9.17) is 14.5 Å². The van der Waals surface area contributed by atoms with Crippen molar-refractivity contribution < 1.29 is 9.47 Å². The van der Waals surface area contributed by atoms with Gasteiger partial charge in [-0.3, -0.25) is 0 Å². The summed E-state index contributed by atoms with van der Waals surface area (Å²) in [6.45, 7) is 10.2. The topological polar surface area (TPSA) is 47.5 Å². The summed E-state index contributed by atoms with van der Waals surface area (Å²) in [6, 6.07) is 0. The molecule has 0 aliphatic carbocycles. The lowest BCUT2D eigenvalue weighted by molar-refractivity contribution is -0.0672. The Balaban J connectivity index is 1.44. The van der Waals surface area contributed by atoms with Crippen LogP contribution in [0.15, 0.2) is 0 Å². The van der Waals surface area contributed by atoms with E-state index in [9.17, 15) is 0 Å². The second-order valence-electron chi connectivity index (χ2n) is 7.66. The molecule has 0 saturated carbocycles. The molecule has 3 heterocycles. The molecule has 1 aromatic rings. The fraction of sp³-hybridized carbons (Fsp3) is 0.882. The third-order valence-electron chi connectivity index (χ3n) is 4.59. The van der Waals surface area contributed by atoms with E-state index >= 15 is 0 Å². The van der Waals surface area contributed by atoms with Gasteiger partial charge in [-0.1, -0.05) is 20.8 Å². The van der Waals surface area contributed by atoms with Gasteiger partial charge in [-0.25, -0.2) is 4.98 Å². The summed E-state index contributed by atoms with van der Waals surface area (Å²) < 4.78 is 16.3. The van der Waals surface area contributed by atoms with Crippen molar-refractivity contribution in [2.24, 2.45) is 0 Å². The molecule has 130 valence electrons. The summed E-state index contributed by atoms with van der Waals surface area (Å²) in [5.41, 5.74) is 0.0240. The summed E-state index contributed by atoms with van der Waals surface area (Å²) in [4.78, 5) is 7.07. The molecule has 0 radical (unpaired) electrons. The molecule has 1 unspecified atom stereocenters. The van der Waals surface area contributed by atoms with E-state index in [1.807, 2.05) is 0 Å². The molecule has 1 atom stereocenters. The lowest BCUT2D eigenvalue weighted by Crippen LogP contribution is -2.38. The Hall–Kier alpha value is -0.720. The Morgan fingerprint density at radius 2 is 2.00 bits per heavy atom. The second kappa shape index (κ2) is 7.45. The molecule has 2 fully saturated rings. The van der Waals surface area contributed by atoms with E-state index in [2.05, 4.69) is 30.0 Å². The number of aromatic nitrogens is 2. The average Bonchev–Trinajstić information content (AvgIpc) is 3.05. The molecule has 1 aromatic heterocycles. The van der Waals surface area contributed by atoms with Crippen LogP contribution in [0.4, 0.5) is 5.13 Å². The first-order chi connectivity index (χ1) is 11.0. The molecule has 6 heteroatoms. The van der Waals surface area contributed by atoms with Gasteiger partial charge in [0.25, 0.3) is 0 Å². The largest absolute Gasteiger partial charge is 0.376 e. The Morgan fingerprint density at radius 3 is 2.61 bits per heavy atom. The fourth-order valence-electron chi connectivity index (χ4n) is 3.04. The lowest BCUT2D eigenvalue weighted by atomic mass is 9.96. The van der Waals surface area contributed by atoms with Crippen LogP contribution < -0.4 is 4.90 Å². The zero-order valence-electron chi connectivity index (χ0n) is 14.6. The number of ether oxygens (including phenoxy) is 2. The normalized spacial score (nSPS) is 24.1. The molecule has 23 heavy (non-hydrogen) atoms. The zero-order chi connectivity index (χ0) is 16.3. The van der Waals surface area contributed by atoms with E-state index < -0.39 is 0 Å². The van der Waals surface area contributed by atoms with Gasteiger partial charge in [-0.2, -0.15) is 4.37 Å². The lowest BCUT2D eigenvalue weighted by Gasteiger charge is -2.32. The molecule has 3 rings (SSSR count). The van der Waals surface area contributed by atoms with Gasteiger partial charge in [0, 0.05) is 36.6 Å². The first kappa shape index (κ1) is 17.1. The summed E-state index contributed by atoms with van der Waals surface area (Å²) in [7, 11) is 0. The van der Waals surface area contributed by atoms with Crippen LogP contribution in [0.3, 0.4) is 0 Å². The molecule has 0 bridgehead atoms. The van der Waals surface area contributed by atoms with Gasteiger partial charge in [0.2, 0.25) is 5.13 Å². The third kappa shape index (κ3) is 4.64. The molecular weight excluding hydrogens is 310 g/mol. The van der Waals surface area contributed by atoms with Gasteiger partial charge in [0.05, 0.1) is 18.8 Å². The number of rotatable bonds is 4. The summed E-state index contributed by atoms with van der Waals surface area (Å²) >= 11 is 1.52. The van der Waals surface area contributed by atoms with Crippen molar-refractivity contribution in [2.75, 3.05) is 31.2 Å². The molecule has 0 spiro atoms. The monoisotopic (exact) mass is 339 g/mol. The van der Waals surface area contributed by atoms with Gasteiger partial charge in [-0.15, -0.1) is 0 Å². The van der Waals surface area contributed by atoms with Crippen molar-refractivity contribution >= 4 is 16.7 Å². The number of anilines is 1. The van der Waals surface area contributed by atoms with Crippen molar-refractivity contribution in [1.82, 2.24) is 9.36 Å². The highest BCUT2D eigenvalue weighted by Crippen LogP contribution is 2.28. The predicted octanol–water partition coefficient (Wildman–Crippen LogP) is 3.39. The minimum atomic E-state index is 0.0240. The van der Waals surface area contributed by atoms with Crippen LogP contribution in [0, 0.1) is 0 Å². The average molecular weight is 340 g/mol. The van der Waals surface area contributed by atoms with Gasteiger partial charge in [0.1, 0.15) is 5.82 Å². The van der Waals surface area contributed by atoms with Crippen molar-refractivity contribution in [3.8, 4) is 0 Å². The third-order valence-corrected chi connectivity index (χ3v) is 5.37. The van der Waals surface area contributed by atoms with Crippen molar-refractivity contribution in [3.05, 3.63) is 5.82 Å². The summed E-state index contributed by atoms with van der Waals surface area (Å²) in [5.74, 6) is 0.949. The minimum absolute atomic E-state index is 0.0240. The molecule has 5 nitrogen and oxygen atoms in total. The van der Waals surface area contributed by atoms with Gasteiger partial charge >= 0.3 is 0 Å². The Labute approximate surface area is 143 Å². The van der Waals surface area contributed by atoms with E-state index in [1.165, 1.54) is 24.4 Å². The fourth-order valence-corrected chi connectivity index (χ4v) is 3.95. The number of piperidine rings is 1. The van der Waals surface area contributed by atoms with E-state index in [1.54, 1.807) is 0 Å². The molecule has 0 aromatic carbocycles. The van der Waals surface area contributed by atoms with Gasteiger partial charge in [0.15, 0.2) is 0 Å². The standard InChI is InChI=1S/C17H29N3O2S/c1-17(2,3)15-18-16(23-19-15)20-9-7-13(8-10-20)22-12-14-6-4-5-11-21-14/h13-14H,4-12H2,1-3H3. The smallest absolute Gasteiger partial charge is 0.205 e. The second-order valence-corrected chi connectivity index (χ2v) is 8.39. The van der Waals surface area contributed by atoms with Gasteiger partial charge < -0.3 is 14.4 Å². The highest BCUT2D eigenvalue weighted by Gasteiger charge is 2.26. The molecular formula is C17H29N3O2S. The Kier molecular flexibility index (Phi) is 5.54. The molecule has 2 saturated heterocycles. The van der Waals surface area contributed by atoms with Crippen molar-refractivity contribution in [1.29, 1.82) is 0 Å². The van der Waals surface area contributed by atoms with Crippen molar-refractivity contribution in [3.63, 3.8) is 0 Å². The zero-order valence-corrected chi connectivity index (χ0v) is 15.4. The molecule has 0 amide bonds. The maximum atomic E-state index is 6.08. The molecule has 2 aliphatic heterocycles. The SMILES string of the molecule is CC(C)(C)c1nsc(N2CCC(OCC3CCCCO3)CC2)n1. The Bertz CT molecular complexity index is 486. The number of hydrogen-bond acceptors (Lipinski definition) is 6. The van der Waals surface area contributed by atoms with E-state index in [0.717, 1.165) is 56.5 Å². The highest BCUT2D eigenvalue weighted by atomic mass is 32.1. The summed E-state index contributed by atoms with van der Waals surface area (Å²) in [5, 5.41) is 1.06. The maximum absolute atomic E-state index is 6.08. The molecule has 0 N–H and O–H groups in total. The van der Waals surface area contributed by atoms with Gasteiger partial charge in [-0.05, 0) is 32.1 Å². The number of hydrogen-bond donors (Lipinski definition) is 0. The maximum Gasteiger partial charge on any atom is 0.205 e. The van der Waals surface area contributed by atoms with Crippen LogP contribution in [-0.2, 0) is 14.9 Å². The van der Waals surface area contributed by atoms with E-state index in [0.29, 0.717) is 12.2 Å². The first-order valence-electron chi connectivity index (χ1n) is 8.85.